The molecule has 4 nitrogen and oxygen atoms in total. The van der Waals surface area contributed by atoms with Crippen molar-refractivity contribution in [3.8, 4) is 16.2 Å². The summed E-state index contributed by atoms with van der Waals surface area (Å²) in [4.78, 5) is 13.9. The molecule has 0 spiro atoms. The van der Waals surface area contributed by atoms with Gasteiger partial charge in [-0.25, -0.2) is 0 Å². The molecule has 0 saturated heterocycles. The quantitative estimate of drug-likeness (QED) is 0.777. The molecule has 8 heteroatoms. The lowest BCUT2D eigenvalue weighted by Crippen LogP contribution is -2.40. The van der Waals surface area contributed by atoms with Crippen LogP contribution in [0, 0.1) is 0 Å². The number of ether oxygens (including phenoxy) is 1. The Hall–Kier alpha value is -1.70. The molecule has 1 heterocycles. The number of alkyl halides is 2. The average molecular weight is 403 g/mol. The van der Waals surface area contributed by atoms with Crippen molar-refractivity contribution in [2.24, 2.45) is 5.73 Å². The van der Waals surface area contributed by atoms with Gasteiger partial charge in [-0.1, -0.05) is 0 Å². The van der Waals surface area contributed by atoms with Crippen LogP contribution in [-0.4, -0.2) is 24.6 Å². The van der Waals surface area contributed by atoms with Gasteiger partial charge in [0.2, 0.25) is 0 Å². The Balaban J connectivity index is 0.00000243. The molecule has 0 aliphatic heterocycles. The molecule has 1 aromatic heterocycles. The van der Waals surface area contributed by atoms with Crippen molar-refractivity contribution in [3.05, 3.63) is 41.3 Å². The van der Waals surface area contributed by atoms with Crippen LogP contribution in [0.4, 0.5) is 8.78 Å². The summed E-state index contributed by atoms with van der Waals surface area (Å²) in [7, 11) is 0. The molecule has 1 aliphatic carbocycles. The molecule has 26 heavy (non-hydrogen) atoms. The van der Waals surface area contributed by atoms with Gasteiger partial charge in [-0.2, -0.15) is 8.78 Å². The second-order valence-electron chi connectivity index (χ2n) is 6.15. The van der Waals surface area contributed by atoms with E-state index in [0.717, 1.165) is 36.1 Å². The van der Waals surface area contributed by atoms with E-state index in [4.69, 9.17) is 5.73 Å². The number of amides is 1. The Bertz CT molecular complexity index is 716. The summed E-state index contributed by atoms with van der Waals surface area (Å²) in [6.45, 7) is -2.84. The Morgan fingerprint density at radius 2 is 1.77 bits per heavy atom. The lowest BCUT2D eigenvalue weighted by atomic mass is 9.92. The number of nitrogens with one attached hydrogen (secondary N) is 1. The van der Waals surface area contributed by atoms with Gasteiger partial charge in [0, 0.05) is 17.0 Å². The zero-order valence-corrected chi connectivity index (χ0v) is 15.6. The molecule has 1 amide bonds. The van der Waals surface area contributed by atoms with Crippen LogP contribution < -0.4 is 15.8 Å². The van der Waals surface area contributed by atoms with Crippen LogP contribution in [-0.2, 0) is 0 Å². The number of halogens is 3. The molecule has 2 aromatic rings. The predicted octanol–water partition coefficient (Wildman–Crippen LogP) is 4.44. The Kier molecular flexibility index (Phi) is 7.37. The number of hydrogen-bond donors (Lipinski definition) is 2. The van der Waals surface area contributed by atoms with Crippen molar-refractivity contribution in [1.29, 1.82) is 0 Å². The van der Waals surface area contributed by atoms with Crippen LogP contribution in [0.15, 0.2) is 36.4 Å². The molecule has 0 unspecified atom stereocenters. The van der Waals surface area contributed by atoms with Gasteiger partial charge in [-0.05, 0) is 67.6 Å². The molecule has 0 bridgehead atoms. The van der Waals surface area contributed by atoms with E-state index in [1.807, 2.05) is 6.07 Å². The highest BCUT2D eigenvalue weighted by Gasteiger charge is 2.21. The molecule has 1 fully saturated rings. The zero-order valence-electron chi connectivity index (χ0n) is 14.0. The number of benzene rings is 1. The number of nitrogens with two attached hydrogens (primary N) is 1. The summed E-state index contributed by atoms with van der Waals surface area (Å²) in [5, 5.41) is 3.06. The van der Waals surface area contributed by atoms with Gasteiger partial charge in [-0.3, -0.25) is 4.79 Å². The largest absolute Gasteiger partial charge is 0.435 e. The van der Waals surface area contributed by atoms with E-state index in [1.54, 1.807) is 18.2 Å². The first-order chi connectivity index (χ1) is 12.0. The third-order valence-corrected chi connectivity index (χ3v) is 5.43. The SMILES string of the molecule is Cl.NC1CCC(NC(=O)c2ccc(-c3ccc(OC(F)F)cc3)s2)CC1. The molecule has 1 aliphatic rings. The summed E-state index contributed by atoms with van der Waals surface area (Å²) in [6, 6.07) is 10.5. The maximum atomic E-state index is 12.4. The summed E-state index contributed by atoms with van der Waals surface area (Å²) >= 11 is 1.38. The highest BCUT2D eigenvalue weighted by Crippen LogP contribution is 2.30. The lowest BCUT2D eigenvalue weighted by Gasteiger charge is -2.26. The van der Waals surface area contributed by atoms with Crippen LogP contribution in [0.5, 0.6) is 5.75 Å². The highest BCUT2D eigenvalue weighted by atomic mass is 35.5. The number of carbonyl (C=O) groups excluding carboxylic acids is 1. The van der Waals surface area contributed by atoms with Crippen molar-refractivity contribution in [1.82, 2.24) is 5.32 Å². The van der Waals surface area contributed by atoms with Crippen molar-refractivity contribution in [2.75, 3.05) is 0 Å². The van der Waals surface area contributed by atoms with E-state index < -0.39 is 6.61 Å². The Morgan fingerprint density at radius 1 is 1.12 bits per heavy atom. The van der Waals surface area contributed by atoms with Gasteiger partial charge in [-0.15, -0.1) is 23.7 Å². The van der Waals surface area contributed by atoms with Gasteiger partial charge < -0.3 is 15.8 Å². The fraction of sp³-hybridized carbons (Fsp3) is 0.389. The van der Waals surface area contributed by atoms with Crippen LogP contribution in [0.25, 0.3) is 10.4 Å². The van der Waals surface area contributed by atoms with E-state index >= 15 is 0 Å². The van der Waals surface area contributed by atoms with Gasteiger partial charge in [0.1, 0.15) is 5.75 Å². The molecule has 3 rings (SSSR count). The van der Waals surface area contributed by atoms with Crippen molar-refractivity contribution in [3.63, 3.8) is 0 Å². The molecule has 1 aromatic carbocycles. The summed E-state index contributed by atoms with van der Waals surface area (Å²) in [5.74, 6) is 0.0400. The van der Waals surface area contributed by atoms with E-state index in [0.29, 0.717) is 4.88 Å². The molecule has 0 atom stereocenters. The van der Waals surface area contributed by atoms with E-state index in [2.05, 4.69) is 10.1 Å². The van der Waals surface area contributed by atoms with Gasteiger partial charge in [0.15, 0.2) is 0 Å². The van der Waals surface area contributed by atoms with Gasteiger partial charge in [0.05, 0.1) is 4.88 Å². The van der Waals surface area contributed by atoms with E-state index in [9.17, 15) is 13.6 Å². The second-order valence-corrected chi connectivity index (χ2v) is 7.24. The first-order valence-corrected chi connectivity index (χ1v) is 9.04. The maximum Gasteiger partial charge on any atom is 0.387 e. The second kappa shape index (κ2) is 9.30. The van der Waals surface area contributed by atoms with Crippen LogP contribution >= 0.6 is 23.7 Å². The summed E-state index contributed by atoms with van der Waals surface area (Å²) in [5.41, 5.74) is 6.74. The first kappa shape index (κ1) is 20.6. The summed E-state index contributed by atoms with van der Waals surface area (Å²) < 4.78 is 28.7. The van der Waals surface area contributed by atoms with Crippen LogP contribution in [0.2, 0.25) is 0 Å². The normalized spacial score (nSPS) is 19.7. The first-order valence-electron chi connectivity index (χ1n) is 8.23. The number of rotatable bonds is 5. The van der Waals surface area contributed by atoms with Crippen molar-refractivity contribution >= 4 is 29.7 Å². The standard InChI is InChI=1S/C18H20F2N2O2S.ClH/c19-18(20)24-14-7-1-11(2-8-14)15-9-10-16(25-15)17(23)22-13-5-3-12(21)4-6-13;/h1-2,7-10,12-13,18H,3-6,21H2,(H,22,23);1H. The Labute approximate surface area is 161 Å². The topological polar surface area (TPSA) is 64.3 Å². The highest BCUT2D eigenvalue weighted by molar-refractivity contribution is 7.17. The maximum absolute atomic E-state index is 12.4. The Morgan fingerprint density at radius 3 is 2.38 bits per heavy atom. The fourth-order valence-electron chi connectivity index (χ4n) is 2.94. The molecular weight excluding hydrogens is 382 g/mol. The van der Waals surface area contributed by atoms with E-state index in [-0.39, 0.29) is 36.1 Å². The minimum absolute atomic E-state index is 0. The predicted molar refractivity (Wildman–Crippen MR) is 101 cm³/mol. The number of thiophene rings is 1. The van der Waals surface area contributed by atoms with E-state index in [1.165, 1.54) is 23.5 Å². The minimum Gasteiger partial charge on any atom is -0.435 e. The number of carbonyl (C=O) groups is 1. The van der Waals surface area contributed by atoms with Crippen LogP contribution in [0.3, 0.4) is 0 Å². The molecule has 3 N–H and O–H groups in total. The van der Waals surface area contributed by atoms with Crippen LogP contribution in [0.1, 0.15) is 35.4 Å². The molecular formula is C18H21ClF2N2O2S. The third-order valence-electron chi connectivity index (χ3n) is 4.30. The van der Waals surface area contributed by atoms with Crippen molar-refractivity contribution in [2.45, 2.75) is 44.4 Å². The minimum atomic E-state index is -2.84. The molecule has 1 saturated carbocycles. The monoisotopic (exact) mass is 402 g/mol. The molecule has 0 radical (unpaired) electrons. The fourth-order valence-corrected chi connectivity index (χ4v) is 3.85. The average Bonchev–Trinajstić information content (AvgIpc) is 3.07. The van der Waals surface area contributed by atoms with Gasteiger partial charge in [0.25, 0.3) is 5.91 Å². The summed E-state index contributed by atoms with van der Waals surface area (Å²) in [6.07, 6.45) is 3.70. The zero-order chi connectivity index (χ0) is 17.8. The van der Waals surface area contributed by atoms with Crippen molar-refractivity contribution < 1.29 is 18.3 Å². The smallest absolute Gasteiger partial charge is 0.387 e. The molecule has 142 valence electrons. The number of hydrogen-bond acceptors (Lipinski definition) is 4. The third kappa shape index (κ3) is 5.40. The lowest BCUT2D eigenvalue weighted by molar-refractivity contribution is -0.0498. The van der Waals surface area contributed by atoms with Gasteiger partial charge >= 0.3 is 6.61 Å².